The van der Waals surface area contributed by atoms with Gasteiger partial charge in [0.1, 0.15) is 5.60 Å². The number of rotatable bonds is 7. The van der Waals surface area contributed by atoms with E-state index in [1.165, 1.54) is 4.31 Å². The second-order valence-electron chi connectivity index (χ2n) is 9.99. The highest BCUT2D eigenvalue weighted by molar-refractivity contribution is 7.89. The number of carbonyl (C=O) groups is 1. The van der Waals surface area contributed by atoms with E-state index in [0.29, 0.717) is 32.6 Å². The molecule has 0 radical (unpaired) electrons. The van der Waals surface area contributed by atoms with E-state index in [1.807, 2.05) is 32.9 Å². The quantitative estimate of drug-likeness (QED) is 0.589. The molecule has 1 N–H and O–H groups in total. The van der Waals surface area contributed by atoms with E-state index in [4.69, 9.17) is 9.47 Å². The van der Waals surface area contributed by atoms with Crippen LogP contribution >= 0.6 is 0 Å². The van der Waals surface area contributed by atoms with Crippen LogP contribution in [0.3, 0.4) is 0 Å². The molecule has 1 aromatic carbocycles. The molecule has 3 rings (SSSR count). The summed E-state index contributed by atoms with van der Waals surface area (Å²) < 4.78 is 39.9. The second kappa shape index (κ2) is 10.6. The summed E-state index contributed by atoms with van der Waals surface area (Å²) in [5, 5.41) is 3.25. The van der Waals surface area contributed by atoms with Gasteiger partial charge in [0.15, 0.2) is 0 Å². The lowest BCUT2D eigenvalue weighted by Gasteiger charge is -2.47. The Bertz CT molecular complexity index is 996. The highest BCUT2D eigenvalue weighted by Crippen LogP contribution is 2.32. The molecule has 1 aromatic rings. The van der Waals surface area contributed by atoms with Crippen molar-refractivity contribution in [1.29, 1.82) is 0 Å². The van der Waals surface area contributed by atoms with E-state index >= 15 is 0 Å². The van der Waals surface area contributed by atoms with Crippen LogP contribution in [0.25, 0.3) is 0 Å². The van der Waals surface area contributed by atoms with E-state index in [0.717, 1.165) is 17.6 Å². The van der Waals surface area contributed by atoms with Crippen LogP contribution in [-0.4, -0.2) is 74.2 Å². The SMILES string of the molecule is C=CC(=C)CNCc1ccc(S(=O)(=O)N2CCOC3(CCCN(C(=O)OC(C)(C)C)C3)C2)cc1. The van der Waals surface area contributed by atoms with E-state index in [1.54, 1.807) is 23.1 Å². The molecule has 188 valence electrons. The average molecular weight is 492 g/mol. The zero-order valence-electron chi connectivity index (χ0n) is 20.5. The van der Waals surface area contributed by atoms with Crippen molar-refractivity contribution in [2.45, 2.75) is 56.3 Å². The van der Waals surface area contributed by atoms with Crippen LogP contribution in [0.2, 0.25) is 0 Å². The molecule has 0 bridgehead atoms. The average Bonchev–Trinajstić information content (AvgIpc) is 2.78. The van der Waals surface area contributed by atoms with Gasteiger partial charge in [-0.3, -0.25) is 0 Å². The van der Waals surface area contributed by atoms with Crippen molar-refractivity contribution >= 4 is 16.1 Å². The number of sulfonamides is 1. The third kappa shape index (κ3) is 6.69. The van der Waals surface area contributed by atoms with E-state index in [2.05, 4.69) is 18.5 Å². The van der Waals surface area contributed by atoms with Gasteiger partial charge in [-0.05, 0) is 56.9 Å². The van der Waals surface area contributed by atoms with Crippen LogP contribution in [0, 0.1) is 0 Å². The minimum Gasteiger partial charge on any atom is -0.444 e. The first-order valence-electron chi connectivity index (χ1n) is 11.7. The normalized spacial score (nSPS) is 21.9. The summed E-state index contributed by atoms with van der Waals surface area (Å²) in [4.78, 5) is 14.5. The first kappa shape index (κ1) is 26.4. The molecule has 1 unspecified atom stereocenters. The number of amides is 1. The fourth-order valence-corrected chi connectivity index (χ4v) is 5.71. The Kier molecular flexibility index (Phi) is 8.23. The van der Waals surface area contributed by atoms with Crippen molar-refractivity contribution in [3.63, 3.8) is 0 Å². The standard InChI is InChI=1S/C25H37N3O5S/c1-6-20(2)16-26-17-21-8-10-22(11-9-21)34(30,31)28-14-15-32-25(19-28)12-7-13-27(18-25)23(29)33-24(3,4)5/h6,8-11,26H,1-2,7,12-19H2,3-5H3. The second-order valence-corrected chi connectivity index (χ2v) is 11.9. The van der Waals surface area contributed by atoms with E-state index in [9.17, 15) is 13.2 Å². The van der Waals surface area contributed by atoms with Crippen molar-refractivity contribution in [2.75, 3.05) is 39.3 Å². The van der Waals surface area contributed by atoms with E-state index < -0.39 is 27.3 Å². The van der Waals surface area contributed by atoms with Gasteiger partial charge < -0.3 is 19.7 Å². The lowest BCUT2D eigenvalue weighted by Crippen LogP contribution is -2.61. The lowest BCUT2D eigenvalue weighted by molar-refractivity contribution is -0.123. The molecule has 2 heterocycles. The number of carbonyl (C=O) groups excluding carboxylic acids is 1. The first-order valence-corrected chi connectivity index (χ1v) is 13.1. The largest absolute Gasteiger partial charge is 0.444 e. The summed E-state index contributed by atoms with van der Waals surface area (Å²) in [5.41, 5.74) is 0.562. The first-order chi connectivity index (χ1) is 15.9. The summed E-state index contributed by atoms with van der Waals surface area (Å²) in [5.74, 6) is 0. The predicted octanol–water partition coefficient (Wildman–Crippen LogP) is 3.31. The zero-order chi connectivity index (χ0) is 25.0. The maximum Gasteiger partial charge on any atom is 0.410 e. The van der Waals surface area contributed by atoms with Gasteiger partial charge in [0, 0.05) is 32.7 Å². The van der Waals surface area contributed by atoms with Crippen LogP contribution in [0.5, 0.6) is 0 Å². The molecule has 1 atom stereocenters. The Morgan fingerprint density at radius 1 is 1.24 bits per heavy atom. The number of likely N-dealkylation sites (tertiary alicyclic amines) is 1. The van der Waals surface area contributed by atoms with Crippen LogP contribution in [0.1, 0.15) is 39.2 Å². The molecule has 9 heteroatoms. The van der Waals surface area contributed by atoms with Crippen molar-refractivity contribution in [2.24, 2.45) is 0 Å². The summed E-state index contributed by atoms with van der Waals surface area (Å²) >= 11 is 0. The molecule has 2 saturated heterocycles. The Labute approximate surface area is 203 Å². The Morgan fingerprint density at radius 3 is 2.59 bits per heavy atom. The topological polar surface area (TPSA) is 88.2 Å². The number of nitrogens with one attached hydrogen (secondary N) is 1. The van der Waals surface area contributed by atoms with Crippen molar-refractivity contribution in [3.8, 4) is 0 Å². The molecule has 1 amide bonds. The highest BCUT2D eigenvalue weighted by Gasteiger charge is 2.45. The van der Waals surface area contributed by atoms with Gasteiger partial charge in [-0.15, -0.1) is 0 Å². The molecule has 2 aliphatic heterocycles. The van der Waals surface area contributed by atoms with Crippen molar-refractivity contribution in [3.05, 3.63) is 54.6 Å². The molecule has 2 aliphatic rings. The number of morpholine rings is 1. The van der Waals surface area contributed by atoms with Gasteiger partial charge in [0.25, 0.3) is 0 Å². The summed E-state index contributed by atoms with van der Waals surface area (Å²) in [7, 11) is -3.69. The van der Waals surface area contributed by atoms with Crippen LogP contribution in [0.15, 0.2) is 54.0 Å². The number of hydrogen-bond acceptors (Lipinski definition) is 6. The van der Waals surface area contributed by atoms with Gasteiger partial charge in [-0.25, -0.2) is 13.2 Å². The Morgan fingerprint density at radius 2 is 1.94 bits per heavy atom. The van der Waals surface area contributed by atoms with Crippen LogP contribution < -0.4 is 5.32 Å². The van der Waals surface area contributed by atoms with Gasteiger partial charge in [-0.1, -0.05) is 31.4 Å². The molecule has 34 heavy (non-hydrogen) atoms. The van der Waals surface area contributed by atoms with Gasteiger partial charge in [0.2, 0.25) is 10.0 Å². The van der Waals surface area contributed by atoms with Gasteiger partial charge >= 0.3 is 6.09 Å². The zero-order valence-corrected chi connectivity index (χ0v) is 21.3. The minimum atomic E-state index is -3.69. The molecule has 1 spiro atoms. The third-order valence-electron chi connectivity index (χ3n) is 5.94. The molecular weight excluding hydrogens is 454 g/mol. The van der Waals surface area contributed by atoms with Gasteiger partial charge in [-0.2, -0.15) is 4.31 Å². The van der Waals surface area contributed by atoms with Crippen LogP contribution in [-0.2, 0) is 26.0 Å². The molecule has 0 aromatic heterocycles. The Balaban J connectivity index is 1.67. The lowest BCUT2D eigenvalue weighted by atomic mass is 9.91. The Hall–Kier alpha value is -2.20. The summed E-state index contributed by atoms with van der Waals surface area (Å²) in [6.07, 6.45) is 2.74. The predicted molar refractivity (Wildman–Crippen MR) is 132 cm³/mol. The molecule has 0 aliphatic carbocycles. The number of piperidine rings is 1. The minimum absolute atomic E-state index is 0.210. The van der Waals surface area contributed by atoms with E-state index in [-0.39, 0.29) is 24.6 Å². The van der Waals surface area contributed by atoms with Gasteiger partial charge in [0.05, 0.1) is 23.6 Å². The fraction of sp³-hybridized carbons (Fsp3) is 0.560. The maximum absolute atomic E-state index is 13.4. The molecule has 8 nitrogen and oxygen atoms in total. The third-order valence-corrected chi connectivity index (χ3v) is 7.79. The number of hydrogen-bond donors (Lipinski definition) is 1. The van der Waals surface area contributed by atoms with Crippen LogP contribution in [0.4, 0.5) is 4.79 Å². The summed E-state index contributed by atoms with van der Waals surface area (Å²) in [6, 6.07) is 6.92. The molecular formula is C25H37N3O5S. The maximum atomic E-state index is 13.4. The smallest absolute Gasteiger partial charge is 0.410 e. The fourth-order valence-electron chi connectivity index (χ4n) is 4.21. The highest BCUT2D eigenvalue weighted by atomic mass is 32.2. The summed E-state index contributed by atoms with van der Waals surface area (Å²) in [6.45, 7) is 15.9. The monoisotopic (exact) mass is 491 g/mol. The molecule has 2 fully saturated rings. The number of ether oxygens (including phenoxy) is 2. The number of benzene rings is 1. The van der Waals surface area contributed by atoms with Crippen molar-refractivity contribution in [1.82, 2.24) is 14.5 Å². The van der Waals surface area contributed by atoms with Crippen molar-refractivity contribution < 1.29 is 22.7 Å². The molecule has 0 saturated carbocycles. The number of nitrogens with zero attached hydrogens (tertiary/aromatic N) is 2.